The third-order valence-electron chi connectivity index (χ3n) is 1.71. The van der Waals surface area contributed by atoms with E-state index >= 15 is 0 Å². The number of ether oxygens (including phenoxy) is 2. The van der Waals surface area contributed by atoms with Crippen LogP contribution in [-0.2, 0) is 9.47 Å². The van der Waals surface area contributed by atoms with E-state index in [0.717, 1.165) is 0 Å². The number of rotatable bonds is 2. The maximum Gasteiger partial charge on any atom is 0.421 e. The van der Waals surface area contributed by atoms with Crippen molar-refractivity contribution in [2.24, 2.45) is 5.84 Å². The number of nitrogens with zero attached hydrogens (tertiary/aromatic N) is 1. The van der Waals surface area contributed by atoms with Gasteiger partial charge in [0.15, 0.2) is 5.79 Å². The first-order chi connectivity index (χ1) is 5.91. The van der Waals surface area contributed by atoms with Gasteiger partial charge in [0.2, 0.25) is 0 Å². The summed E-state index contributed by atoms with van der Waals surface area (Å²) in [6.07, 6.45) is -1.45. The van der Waals surface area contributed by atoms with Crippen LogP contribution < -0.4 is 5.84 Å². The second-order valence-corrected chi connectivity index (χ2v) is 3.39. The van der Waals surface area contributed by atoms with Crippen LogP contribution in [0.4, 0.5) is 4.79 Å². The highest BCUT2D eigenvalue weighted by Gasteiger charge is 2.33. The van der Waals surface area contributed by atoms with Crippen molar-refractivity contribution >= 4 is 6.09 Å². The standard InChI is InChI=1S/C7H14N2O4/c1-7(2)12-4-5(13-7)3-9(8)6(10)11/h5H,3-4,8H2,1-2H3,(H,10,11)/t5-/m1/s1. The van der Waals surface area contributed by atoms with Crippen LogP contribution in [0.3, 0.4) is 0 Å². The molecule has 0 unspecified atom stereocenters. The van der Waals surface area contributed by atoms with Gasteiger partial charge in [-0.25, -0.2) is 15.6 Å². The fraction of sp³-hybridized carbons (Fsp3) is 0.857. The molecule has 3 N–H and O–H groups in total. The second kappa shape index (κ2) is 3.49. The number of carbonyl (C=O) groups is 1. The van der Waals surface area contributed by atoms with Crippen LogP contribution in [0.5, 0.6) is 0 Å². The number of hydrazine groups is 1. The molecule has 76 valence electrons. The van der Waals surface area contributed by atoms with E-state index in [1.165, 1.54) is 0 Å². The Morgan fingerprint density at radius 2 is 2.38 bits per heavy atom. The second-order valence-electron chi connectivity index (χ2n) is 3.39. The molecule has 0 saturated carbocycles. The molecule has 1 atom stereocenters. The van der Waals surface area contributed by atoms with Gasteiger partial charge in [-0.1, -0.05) is 0 Å². The van der Waals surface area contributed by atoms with Gasteiger partial charge in [-0.2, -0.15) is 0 Å². The lowest BCUT2D eigenvalue weighted by molar-refractivity contribution is -0.139. The molecule has 0 aromatic heterocycles. The van der Waals surface area contributed by atoms with Crippen LogP contribution in [0.15, 0.2) is 0 Å². The fourth-order valence-corrected chi connectivity index (χ4v) is 1.15. The molecular formula is C7H14N2O4. The zero-order chi connectivity index (χ0) is 10.1. The molecule has 6 nitrogen and oxygen atoms in total. The third-order valence-corrected chi connectivity index (χ3v) is 1.71. The minimum Gasteiger partial charge on any atom is -0.464 e. The van der Waals surface area contributed by atoms with Crippen molar-refractivity contribution in [1.29, 1.82) is 0 Å². The number of amides is 1. The summed E-state index contributed by atoms with van der Waals surface area (Å²) in [6, 6.07) is 0. The molecule has 0 spiro atoms. The van der Waals surface area contributed by atoms with E-state index in [2.05, 4.69) is 0 Å². The average Bonchev–Trinajstić information content (AvgIpc) is 2.30. The molecule has 1 heterocycles. The van der Waals surface area contributed by atoms with Gasteiger partial charge in [-0.15, -0.1) is 0 Å². The molecule has 1 aliphatic heterocycles. The van der Waals surface area contributed by atoms with E-state index in [9.17, 15) is 4.79 Å². The molecule has 13 heavy (non-hydrogen) atoms. The summed E-state index contributed by atoms with van der Waals surface area (Å²) in [4.78, 5) is 10.4. The predicted molar refractivity (Wildman–Crippen MR) is 43.8 cm³/mol. The van der Waals surface area contributed by atoms with Crippen molar-refractivity contribution in [3.63, 3.8) is 0 Å². The Hall–Kier alpha value is -0.850. The lowest BCUT2D eigenvalue weighted by atomic mass is 10.3. The Morgan fingerprint density at radius 3 is 2.77 bits per heavy atom. The van der Waals surface area contributed by atoms with Crippen LogP contribution in [-0.4, -0.2) is 41.3 Å². The van der Waals surface area contributed by atoms with Crippen LogP contribution in [0.25, 0.3) is 0 Å². The highest BCUT2D eigenvalue weighted by molar-refractivity contribution is 5.64. The first-order valence-corrected chi connectivity index (χ1v) is 3.97. The van der Waals surface area contributed by atoms with Crippen molar-refractivity contribution in [2.75, 3.05) is 13.2 Å². The molecule has 6 heteroatoms. The van der Waals surface area contributed by atoms with E-state index in [4.69, 9.17) is 20.4 Å². The molecule has 0 radical (unpaired) electrons. The van der Waals surface area contributed by atoms with E-state index in [1.807, 2.05) is 0 Å². The minimum absolute atomic E-state index is 0.124. The molecule has 0 aliphatic carbocycles. The molecule has 0 bridgehead atoms. The molecule has 0 aromatic carbocycles. The maximum atomic E-state index is 10.4. The summed E-state index contributed by atoms with van der Waals surface area (Å²) < 4.78 is 10.6. The predicted octanol–water partition coefficient (Wildman–Crippen LogP) is -0.00840. The normalized spacial score (nSPS) is 25.9. The lowest BCUT2D eigenvalue weighted by Crippen LogP contribution is -2.42. The van der Waals surface area contributed by atoms with Gasteiger partial charge >= 0.3 is 6.09 Å². The van der Waals surface area contributed by atoms with Crippen LogP contribution in [0.2, 0.25) is 0 Å². The summed E-state index contributed by atoms with van der Waals surface area (Å²) >= 11 is 0. The Kier molecular flexibility index (Phi) is 2.74. The van der Waals surface area contributed by atoms with Gasteiger partial charge in [0.05, 0.1) is 13.2 Å². The van der Waals surface area contributed by atoms with Crippen molar-refractivity contribution in [1.82, 2.24) is 5.01 Å². The highest BCUT2D eigenvalue weighted by atomic mass is 16.7. The number of hydrogen-bond donors (Lipinski definition) is 2. The van der Waals surface area contributed by atoms with Crippen molar-refractivity contribution in [3.8, 4) is 0 Å². The summed E-state index contributed by atoms with van der Waals surface area (Å²) in [6.45, 7) is 4.04. The number of hydrogen-bond acceptors (Lipinski definition) is 4. The lowest BCUT2D eigenvalue weighted by Gasteiger charge is -2.19. The van der Waals surface area contributed by atoms with Crippen LogP contribution in [0.1, 0.15) is 13.8 Å². The number of nitrogens with two attached hydrogens (primary N) is 1. The SMILES string of the molecule is CC1(C)OC[C@@H](CN(N)C(=O)O)O1. The van der Waals surface area contributed by atoms with Gasteiger partial charge in [0.25, 0.3) is 0 Å². The van der Waals surface area contributed by atoms with E-state index in [1.54, 1.807) is 13.8 Å². The van der Waals surface area contributed by atoms with Crippen LogP contribution >= 0.6 is 0 Å². The molecule has 1 fully saturated rings. The van der Waals surface area contributed by atoms with Gasteiger partial charge in [-0.05, 0) is 13.8 Å². The fourth-order valence-electron chi connectivity index (χ4n) is 1.15. The quantitative estimate of drug-likeness (QED) is 0.363. The van der Waals surface area contributed by atoms with Gasteiger partial charge in [-0.3, -0.25) is 0 Å². The number of carboxylic acid groups (broad SMARTS) is 1. The molecule has 1 rings (SSSR count). The Bertz CT molecular complexity index is 207. The van der Waals surface area contributed by atoms with Gasteiger partial charge in [0.1, 0.15) is 6.10 Å². The topological polar surface area (TPSA) is 85.0 Å². The molecule has 1 saturated heterocycles. The summed E-state index contributed by atoms with van der Waals surface area (Å²) in [5, 5.41) is 9.17. The monoisotopic (exact) mass is 190 g/mol. The molecular weight excluding hydrogens is 176 g/mol. The molecule has 1 amide bonds. The summed E-state index contributed by atoms with van der Waals surface area (Å²) in [5.41, 5.74) is 0. The highest BCUT2D eigenvalue weighted by Crippen LogP contribution is 2.22. The first-order valence-electron chi connectivity index (χ1n) is 3.97. The Balaban J connectivity index is 2.36. The zero-order valence-electron chi connectivity index (χ0n) is 7.69. The summed E-state index contributed by atoms with van der Waals surface area (Å²) in [7, 11) is 0. The summed E-state index contributed by atoms with van der Waals surface area (Å²) in [5.74, 6) is 4.55. The maximum absolute atomic E-state index is 10.4. The van der Waals surface area contributed by atoms with Gasteiger partial charge < -0.3 is 14.6 Å². The van der Waals surface area contributed by atoms with E-state index in [0.29, 0.717) is 11.6 Å². The third kappa shape index (κ3) is 2.83. The minimum atomic E-state index is -1.17. The van der Waals surface area contributed by atoms with E-state index < -0.39 is 11.9 Å². The Labute approximate surface area is 76.2 Å². The smallest absolute Gasteiger partial charge is 0.421 e. The first kappa shape index (κ1) is 10.2. The zero-order valence-corrected chi connectivity index (χ0v) is 7.69. The van der Waals surface area contributed by atoms with Crippen LogP contribution in [0, 0.1) is 0 Å². The van der Waals surface area contributed by atoms with Gasteiger partial charge in [0, 0.05) is 0 Å². The largest absolute Gasteiger partial charge is 0.464 e. The van der Waals surface area contributed by atoms with Crippen molar-refractivity contribution in [3.05, 3.63) is 0 Å². The molecule has 0 aromatic rings. The van der Waals surface area contributed by atoms with E-state index in [-0.39, 0.29) is 12.6 Å². The molecule has 1 aliphatic rings. The average molecular weight is 190 g/mol. The van der Waals surface area contributed by atoms with Crippen molar-refractivity contribution in [2.45, 2.75) is 25.7 Å². The van der Waals surface area contributed by atoms with Crippen molar-refractivity contribution < 1.29 is 19.4 Å². The Morgan fingerprint density at radius 1 is 1.77 bits per heavy atom.